The summed E-state index contributed by atoms with van der Waals surface area (Å²) in [5.74, 6) is 3.25. The zero-order valence-corrected chi connectivity index (χ0v) is 12.4. The minimum atomic E-state index is -0.508. The number of hydrogen-bond donors (Lipinski definition) is 2. The van der Waals surface area contributed by atoms with E-state index in [2.05, 4.69) is 27.2 Å². The van der Waals surface area contributed by atoms with E-state index in [1.807, 2.05) is 18.2 Å². The van der Waals surface area contributed by atoms with Gasteiger partial charge in [-0.2, -0.15) is 0 Å². The molecule has 1 aromatic rings. The first kappa shape index (κ1) is 14.4. The maximum Gasteiger partial charge on any atom is 0.148 e. The van der Waals surface area contributed by atoms with Crippen LogP contribution in [-0.4, -0.2) is 23.9 Å². The average molecular weight is 324 g/mol. The van der Waals surface area contributed by atoms with Gasteiger partial charge >= 0.3 is 0 Å². The molecule has 2 rings (SSSR count). The van der Waals surface area contributed by atoms with E-state index in [1.54, 1.807) is 0 Å². The molecule has 1 fully saturated rings. The van der Waals surface area contributed by atoms with Crippen molar-refractivity contribution in [1.82, 2.24) is 5.32 Å². The van der Waals surface area contributed by atoms with E-state index in [9.17, 15) is 5.11 Å². The first-order valence-electron chi connectivity index (χ1n) is 6.41. The predicted molar refractivity (Wildman–Crippen MR) is 79.0 cm³/mol. The van der Waals surface area contributed by atoms with Crippen LogP contribution in [0.15, 0.2) is 22.7 Å². The lowest BCUT2D eigenvalue weighted by molar-refractivity contribution is -0.0315. The molecule has 1 saturated carbocycles. The Morgan fingerprint density at radius 1 is 1.47 bits per heavy atom. The number of ether oxygens (including phenoxy) is 1. The van der Waals surface area contributed by atoms with Gasteiger partial charge in [0.25, 0.3) is 0 Å². The fraction of sp³-hybridized carbons (Fsp3) is 0.467. The summed E-state index contributed by atoms with van der Waals surface area (Å²) in [6, 6.07) is 5.83. The Labute approximate surface area is 122 Å². The van der Waals surface area contributed by atoms with Crippen molar-refractivity contribution in [3.05, 3.63) is 28.2 Å². The Balaban J connectivity index is 1.93. The molecule has 0 saturated heterocycles. The van der Waals surface area contributed by atoms with E-state index in [4.69, 9.17) is 11.2 Å². The van der Waals surface area contributed by atoms with E-state index in [0.717, 1.165) is 35.0 Å². The summed E-state index contributed by atoms with van der Waals surface area (Å²) < 4.78 is 6.50. The van der Waals surface area contributed by atoms with Crippen LogP contribution in [0, 0.1) is 12.3 Å². The molecular weight excluding hydrogens is 306 g/mol. The molecular formula is C15H18BrNO2. The second kappa shape index (κ2) is 6.42. The molecule has 0 aliphatic heterocycles. The zero-order chi connectivity index (χ0) is 13.7. The molecule has 0 heterocycles. The molecule has 0 radical (unpaired) electrons. The number of benzene rings is 1. The third-order valence-electron chi connectivity index (χ3n) is 3.39. The van der Waals surface area contributed by atoms with Crippen LogP contribution in [0.1, 0.15) is 24.8 Å². The molecule has 0 atom stereocenters. The lowest BCUT2D eigenvalue weighted by atomic mass is 9.80. The molecule has 0 aromatic heterocycles. The van der Waals surface area contributed by atoms with Gasteiger partial charge in [-0.1, -0.05) is 21.9 Å². The van der Waals surface area contributed by atoms with Crippen LogP contribution in [0.5, 0.6) is 5.75 Å². The van der Waals surface area contributed by atoms with Gasteiger partial charge in [0, 0.05) is 23.1 Å². The molecule has 19 heavy (non-hydrogen) atoms. The highest BCUT2D eigenvalue weighted by molar-refractivity contribution is 9.10. The molecule has 1 aliphatic carbocycles. The van der Waals surface area contributed by atoms with Crippen LogP contribution in [-0.2, 0) is 6.54 Å². The molecule has 0 amide bonds. The second-order valence-electron chi connectivity index (χ2n) is 4.93. The number of halogens is 1. The largest absolute Gasteiger partial charge is 0.481 e. The molecule has 1 aromatic carbocycles. The van der Waals surface area contributed by atoms with Gasteiger partial charge < -0.3 is 15.2 Å². The highest BCUT2D eigenvalue weighted by atomic mass is 79.9. The normalized spacial score (nSPS) is 16.5. The summed E-state index contributed by atoms with van der Waals surface area (Å²) >= 11 is 3.45. The van der Waals surface area contributed by atoms with E-state index in [-0.39, 0.29) is 6.61 Å². The zero-order valence-electron chi connectivity index (χ0n) is 10.8. The summed E-state index contributed by atoms with van der Waals surface area (Å²) in [6.07, 6.45) is 8.10. The lowest BCUT2D eigenvalue weighted by Gasteiger charge is -2.36. The standard InChI is InChI=1S/C15H18BrNO2/c1-2-8-19-14-5-4-13(16)9-12(14)10-17-11-15(18)6-3-7-15/h1,4-5,9,17-18H,3,6-8,10-11H2. The lowest BCUT2D eigenvalue weighted by Crippen LogP contribution is -2.46. The Kier molecular flexibility index (Phi) is 4.87. The molecule has 1 aliphatic rings. The van der Waals surface area contributed by atoms with E-state index < -0.39 is 5.60 Å². The Hall–Kier alpha value is -1.02. The molecule has 2 N–H and O–H groups in total. The Morgan fingerprint density at radius 2 is 2.26 bits per heavy atom. The molecule has 4 heteroatoms. The van der Waals surface area contributed by atoms with Crippen molar-refractivity contribution in [3.8, 4) is 18.1 Å². The van der Waals surface area contributed by atoms with Crippen LogP contribution in [0.25, 0.3) is 0 Å². The monoisotopic (exact) mass is 323 g/mol. The third-order valence-corrected chi connectivity index (χ3v) is 3.88. The fourth-order valence-electron chi connectivity index (χ4n) is 2.14. The SMILES string of the molecule is C#CCOc1ccc(Br)cc1CNCC1(O)CCC1. The summed E-state index contributed by atoms with van der Waals surface area (Å²) in [5, 5.41) is 13.3. The Bertz CT molecular complexity index is 478. The topological polar surface area (TPSA) is 41.5 Å². The molecule has 102 valence electrons. The summed E-state index contributed by atoms with van der Waals surface area (Å²) in [7, 11) is 0. The van der Waals surface area contributed by atoms with Crippen molar-refractivity contribution in [3.63, 3.8) is 0 Å². The van der Waals surface area contributed by atoms with Crippen molar-refractivity contribution in [2.45, 2.75) is 31.4 Å². The Morgan fingerprint density at radius 3 is 2.89 bits per heavy atom. The average Bonchev–Trinajstić information content (AvgIpc) is 2.36. The number of hydrogen-bond acceptors (Lipinski definition) is 3. The minimum Gasteiger partial charge on any atom is -0.481 e. The highest BCUT2D eigenvalue weighted by Gasteiger charge is 2.33. The maximum absolute atomic E-state index is 10.0. The van der Waals surface area contributed by atoms with E-state index in [0.29, 0.717) is 13.1 Å². The summed E-state index contributed by atoms with van der Waals surface area (Å²) in [4.78, 5) is 0. The van der Waals surface area contributed by atoms with Gasteiger partial charge in [0.05, 0.1) is 5.60 Å². The predicted octanol–water partition coefficient (Wildman–Crippen LogP) is 2.47. The molecule has 0 unspecified atom stereocenters. The van der Waals surface area contributed by atoms with Crippen LogP contribution < -0.4 is 10.1 Å². The number of terminal acetylenes is 1. The van der Waals surface area contributed by atoms with Crippen LogP contribution >= 0.6 is 15.9 Å². The molecule has 0 bridgehead atoms. The van der Waals surface area contributed by atoms with E-state index >= 15 is 0 Å². The number of nitrogens with one attached hydrogen (secondary N) is 1. The van der Waals surface area contributed by atoms with Crippen molar-refractivity contribution in [2.75, 3.05) is 13.2 Å². The van der Waals surface area contributed by atoms with Gasteiger partial charge in [-0.3, -0.25) is 0 Å². The van der Waals surface area contributed by atoms with Crippen molar-refractivity contribution in [1.29, 1.82) is 0 Å². The third kappa shape index (κ3) is 3.97. The van der Waals surface area contributed by atoms with Gasteiger partial charge in [0.15, 0.2) is 0 Å². The first-order chi connectivity index (χ1) is 9.13. The fourth-order valence-corrected chi connectivity index (χ4v) is 2.55. The maximum atomic E-state index is 10.0. The highest BCUT2D eigenvalue weighted by Crippen LogP contribution is 2.31. The minimum absolute atomic E-state index is 0.262. The molecule has 3 nitrogen and oxygen atoms in total. The second-order valence-corrected chi connectivity index (χ2v) is 5.84. The number of rotatable bonds is 6. The van der Waals surface area contributed by atoms with Crippen LogP contribution in [0.4, 0.5) is 0 Å². The van der Waals surface area contributed by atoms with Crippen molar-refractivity contribution < 1.29 is 9.84 Å². The smallest absolute Gasteiger partial charge is 0.148 e. The van der Waals surface area contributed by atoms with Crippen LogP contribution in [0.2, 0.25) is 0 Å². The van der Waals surface area contributed by atoms with Gasteiger partial charge in [0.2, 0.25) is 0 Å². The quantitative estimate of drug-likeness (QED) is 0.790. The summed E-state index contributed by atoms with van der Waals surface area (Å²) in [5.41, 5.74) is 0.527. The van der Waals surface area contributed by atoms with Gasteiger partial charge in [-0.25, -0.2) is 0 Å². The van der Waals surface area contributed by atoms with Gasteiger partial charge in [-0.05, 0) is 37.5 Å². The van der Waals surface area contributed by atoms with Crippen molar-refractivity contribution in [2.24, 2.45) is 0 Å². The van der Waals surface area contributed by atoms with Crippen molar-refractivity contribution >= 4 is 15.9 Å². The first-order valence-corrected chi connectivity index (χ1v) is 7.20. The summed E-state index contributed by atoms with van der Waals surface area (Å²) in [6.45, 7) is 1.54. The van der Waals surface area contributed by atoms with Gasteiger partial charge in [-0.15, -0.1) is 6.42 Å². The number of aliphatic hydroxyl groups is 1. The molecule has 0 spiro atoms. The van der Waals surface area contributed by atoms with Gasteiger partial charge in [0.1, 0.15) is 12.4 Å². The van der Waals surface area contributed by atoms with Crippen LogP contribution in [0.3, 0.4) is 0 Å². The van der Waals surface area contributed by atoms with E-state index in [1.165, 1.54) is 0 Å².